The average Bonchev–Trinajstić information content (AvgIpc) is 3.26. The molecule has 2 atom stereocenters. The van der Waals surface area contributed by atoms with Crippen molar-refractivity contribution in [2.45, 2.75) is 77.0 Å². The molecule has 3 nitrogen and oxygen atoms in total. The number of hydrogen-bond donors (Lipinski definition) is 1. The lowest BCUT2D eigenvalue weighted by molar-refractivity contribution is 0.181. The van der Waals surface area contributed by atoms with E-state index in [0.717, 1.165) is 18.5 Å². The van der Waals surface area contributed by atoms with Crippen molar-refractivity contribution in [2.24, 2.45) is 5.92 Å². The van der Waals surface area contributed by atoms with Gasteiger partial charge in [-0.3, -0.25) is 0 Å². The molecule has 0 bridgehead atoms. The maximum atomic E-state index is 5.35. The number of nitrogens with one attached hydrogen (secondary N) is 1. The van der Waals surface area contributed by atoms with Crippen molar-refractivity contribution in [3.63, 3.8) is 0 Å². The molecule has 2 saturated carbocycles. The molecule has 4 heteroatoms. The zero-order valence-electron chi connectivity index (χ0n) is 13.4. The van der Waals surface area contributed by atoms with Gasteiger partial charge in [0.25, 0.3) is 0 Å². The van der Waals surface area contributed by atoms with E-state index >= 15 is 0 Å². The summed E-state index contributed by atoms with van der Waals surface area (Å²) in [5.74, 6) is 1.60. The second-order valence-electron chi connectivity index (χ2n) is 6.65. The molecule has 0 saturated heterocycles. The van der Waals surface area contributed by atoms with Crippen LogP contribution in [0.4, 0.5) is 0 Å². The molecule has 1 heterocycles. The van der Waals surface area contributed by atoms with Gasteiger partial charge < -0.3 is 10.1 Å². The van der Waals surface area contributed by atoms with Crippen molar-refractivity contribution >= 4 is 11.3 Å². The summed E-state index contributed by atoms with van der Waals surface area (Å²) in [6.45, 7) is 3.96. The zero-order valence-corrected chi connectivity index (χ0v) is 14.2. The first kappa shape index (κ1) is 15.4. The van der Waals surface area contributed by atoms with Gasteiger partial charge in [-0.2, -0.15) is 0 Å². The number of methoxy groups -OCH3 is 1. The van der Waals surface area contributed by atoms with Crippen LogP contribution in [0.15, 0.2) is 0 Å². The smallest absolute Gasteiger partial charge is 0.0963 e. The van der Waals surface area contributed by atoms with Crippen LogP contribution in [0, 0.1) is 5.92 Å². The molecular formula is C17H28N2OS. The molecule has 1 aromatic rings. The summed E-state index contributed by atoms with van der Waals surface area (Å²) in [7, 11) is 1.77. The van der Waals surface area contributed by atoms with E-state index in [-0.39, 0.29) is 0 Å². The molecule has 1 aromatic heterocycles. The van der Waals surface area contributed by atoms with Crippen molar-refractivity contribution in [3.8, 4) is 0 Å². The van der Waals surface area contributed by atoms with Crippen LogP contribution in [-0.2, 0) is 17.9 Å². The summed E-state index contributed by atoms with van der Waals surface area (Å²) in [6, 6.07) is 0.755. The molecule has 0 aromatic carbocycles. The minimum atomic E-state index is 0.655. The van der Waals surface area contributed by atoms with Gasteiger partial charge in [-0.25, -0.2) is 4.98 Å². The number of nitrogens with zero attached hydrogens (tertiary/aromatic N) is 1. The largest absolute Gasteiger partial charge is 0.378 e. The maximum Gasteiger partial charge on any atom is 0.0963 e. The highest BCUT2D eigenvalue weighted by molar-refractivity contribution is 7.11. The van der Waals surface area contributed by atoms with Crippen LogP contribution in [-0.4, -0.2) is 18.1 Å². The second kappa shape index (κ2) is 7.21. The lowest BCUT2D eigenvalue weighted by Gasteiger charge is -2.26. The van der Waals surface area contributed by atoms with Gasteiger partial charge in [0.1, 0.15) is 0 Å². The predicted molar refractivity (Wildman–Crippen MR) is 87.7 cm³/mol. The number of rotatable bonds is 7. The summed E-state index contributed by atoms with van der Waals surface area (Å²) in [6.07, 6.45) is 9.45. The Labute approximate surface area is 132 Å². The minimum Gasteiger partial charge on any atom is -0.378 e. The summed E-state index contributed by atoms with van der Waals surface area (Å²) in [5, 5.41) is 4.99. The van der Waals surface area contributed by atoms with E-state index in [1.165, 1.54) is 60.5 Å². The number of thiazole rings is 1. The molecular weight excluding hydrogens is 280 g/mol. The Balaban J connectivity index is 1.69. The Morgan fingerprint density at radius 1 is 1.29 bits per heavy atom. The number of aromatic nitrogens is 1. The van der Waals surface area contributed by atoms with Gasteiger partial charge >= 0.3 is 0 Å². The van der Waals surface area contributed by atoms with E-state index < -0.39 is 0 Å². The van der Waals surface area contributed by atoms with Gasteiger partial charge in [0.2, 0.25) is 0 Å². The highest BCUT2D eigenvalue weighted by atomic mass is 32.1. The normalized spacial score (nSPS) is 26.2. The summed E-state index contributed by atoms with van der Waals surface area (Å²) >= 11 is 1.93. The predicted octanol–water partition coefficient (Wildman–Crippen LogP) is 4.23. The zero-order chi connectivity index (χ0) is 14.7. The highest BCUT2D eigenvalue weighted by Gasteiger charge is 2.26. The quantitative estimate of drug-likeness (QED) is 0.818. The molecule has 0 aliphatic heterocycles. The molecule has 0 radical (unpaired) electrons. The van der Waals surface area contributed by atoms with Gasteiger partial charge in [-0.15, -0.1) is 11.3 Å². The highest BCUT2D eigenvalue weighted by Crippen LogP contribution is 2.39. The van der Waals surface area contributed by atoms with Gasteiger partial charge in [-0.05, 0) is 31.6 Å². The fraction of sp³-hybridized carbons (Fsp3) is 0.824. The second-order valence-corrected chi connectivity index (χ2v) is 7.76. The minimum absolute atomic E-state index is 0.655. The first-order valence-electron chi connectivity index (χ1n) is 8.51. The third-order valence-corrected chi connectivity index (χ3v) is 6.17. The molecule has 2 unspecified atom stereocenters. The Kier molecular flexibility index (Phi) is 5.30. The van der Waals surface area contributed by atoms with Crippen molar-refractivity contribution in [2.75, 3.05) is 7.11 Å². The molecule has 0 amide bonds. The molecule has 21 heavy (non-hydrogen) atoms. The third-order valence-electron chi connectivity index (χ3n) is 4.91. The van der Waals surface area contributed by atoms with Crippen LogP contribution in [0.3, 0.4) is 0 Å². The molecule has 2 aliphatic rings. The van der Waals surface area contributed by atoms with Crippen molar-refractivity contribution in [3.05, 3.63) is 15.6 Å². The fourth-order valence-corrected chi connectivity index (χ4v) is 4.54. The first-order chi connectivity index (χ1) is 10.3. The molecule has 2 aliphatic carbocycles. The van der Waals surface area contributed by atoms with Gasteiger partial charge in [0.15, 0.2) is 0 Å². The molecule has 118 valence electrons. The van der Waals surface area contributed by atoms with Gasteiger partial charge in [0, 0.05) is 30.5 Å². The van der Waals surface area contributed by atoms with E-state index in [1.54, 1.807) is 7.11 Å². The van der Waals surface area contributed by atoms with Crippen LogP contribution >= 0.6 is 11.3 Å². The molecule has 2 fully saturated rings. The van der Waals surface area contributed by atoms with Crippen LogP contribution in [0.25, 0.3) is 0 Å². The van der Waals surface area contributed by atoms with Gasteiger partial charge in [-0.1, -0.05) is 26.2 Å². The van der Waals surface area contributed by atoms with Crippen LogP contribution in [0.5, 0.6) is 0 Å². The van der Waals surface area contributed by atoms with E-state index in [4.69, 9.17) is 9.72 Å². The van der Waals surface area contributed by atoms with Crippen LogP contribution in [0.1, 0.15) is 73.4 Å². The molecule has 0 spiro atoms. The SMILES string of the molecule is CCC1CCCC(c2nc(COC)c(CNC3CC3)s2)C1. The van der Waals surface area contributed by atoms with Crippen LogP contribution < -0.4 is 5.32 Å². The topological polar surface area (TPSA) is 34.1 Å². The summed E-state index contributed by atoms with van der Waals surface area (Å²) < 4.78 is 5.35. The Hall–Kier alpha value is -0.450. The third kappa shape index (κ3) is 4.05. The lowest BCUT2D eigenvalue weighted by atomic mass is 9.80. The fourth-order valence-electron chi connectivity index (χ4n) is 3.38. The molecule has 1 N–H and O–H groups in total. The Morgan fingerprint density at radius 2 is 2.14 bits per heavy atom. The summed E-state index contributed by atoms with van der Waals surface area (Å²) in [5.41, 5.74) is 1.17. The number of hydrogen-bond acceptors (Lipinski definition) is 4. The average molecular weight is 308 g/mol. The first-order valence-corrected chi connectivity index (χ1v) is 9.32. The number of ether oxygens (including phenoxy) is 1. The van der Waals surface area contributed by atoms with Crippen molar-refractivity contribution < 1.29 is 4.74 Å². The van der Waals surface area contributed by atoms with Crippen molar-refractivity contribution in [1.29, 1.82) is 0 Å². The van der Waals surface area contributed by atoms with Gasteiger partial charge in [0.05, 0.1) is 17.3 Å². The van der Waals surface area contributed by atoms with E-state index in [2.05, 4.69) is 12.2 Å². The Morgan fingerprint density at radius 3 is 2.86 bits per heavy atom. The summed E-state index contributed by atoms with van der Waals surface area (Å²) in [4.78, 5) is 6.34. The maximum absolute atomic E-state index is 5.35. The Bertz CT molecular complexity index is 456. The lowest BCUT2D eigenvalue weighted by Crippen LogP contribution is -2.15. The van der Waals surface area contributed by atoms with E-state index in [9.17, 15) is 0 Å². The van der Waals surface area contributed by atoms with Crippen LogP contribution in [0.2, 0.25) is 0 Å². The standard InChI is InChI=1S/C17H28N2OS/c1-3-12-5-4-6-13(9-12)17-19-15(11-20-2)16(21-17)10-18-14-7-8-14/h12-14,18H,3-11H2,1-2H3. The molecule has 3 rings (SSSR count). The monoisotopic (exact) mass is 308 g/mol. The van der Waals surface area contributed by atoms with E-state index in [0.29, 0.717) is 12.5 Å². The van der Waals surface area contributed by atoms with Crippen molar-refractivity contribution in [1.82, 2.24) is 10.3 Å². The van der Waals surface area contributed by atoms with E-state index in [1.807, 2.05) is 11.3 Å².